The van der Waals surface area contributed by atoms with E-state index in [2.05, 4.69) is 10.3 Å². The molecule has 0 spiro atoms. The molecule has 1 aromatic heterocycles. The van der Waals surface area contributed by atoms with E-state index < -0.39 is 5.97 Å². The lowest BCUT2D eigenvalue weighted by atomic mass is 10.1. The molecule has 3 rings (SSSR count). The molecule has 0 saturated carbocycles. The van der Waals surface area contributed by atoms with E-state index in [9.17, 15) is 9.90 Å². The number of carboxylic acids is 1. The van der Waals surface area contributed by atoms with Gasteiger partial charge in [0.15, 0.2) is 11.5 Å². The summed E-state index contributed by atoms with van der Waals surface area (Å²) in [6.07, 6.45) is 0. The van der Waals surface area contributed by atoms with Crippen molar-refractivity contribution in [1.82, 2.24) is 4.98 Å². The number of hydrogen-bond acceptors (Lipinski definition) is 4. The largest absolute Gasteiger partial charge is 0.476 e. The number of carbonyl (C=O) groups is 1. The summed E-state index contributed by atoms with van der Waals surface area (Å²) in [5.41, 5.74) is 2.26. The summed E-state index contributed by atoms with van der Waals surface area (Å²) in [6.45, 7) is 0. The third-order valence-electron chi connectivity index (χ3n) is 3.29. The van der Waals surface area contributed by atoms with Crippen molar-refractivity contribution in [1.29, 1.82) is 0 Å². The van der Waals surface area contributed by atoms with E-state index in [1.807, 2.05) is 49.5 Å². The number of oxazole rings is 1. The zero-order chi connectivity index (χ0) is 15.5. The van der Waals surface area contributed by atoms with Crippen molar-refractivity contribution < 1.29 is 14.3 Å². The maximum absolute atomic E-state index is 11.4. The highest BCUT2D eigenvalue weighted by Crippen LogP contribution is 2.30. The fourth-order valence-electron chi connectivity index (χ4n) is 2.15. The Bertz CT molecular complexity index is 793. The van der Waals surface area contributed by atoms with Gasteiger partial charge in [-0.15, -0.1) is 0 Å². The van der Waals surface area contributed by atoms with Gasteiger partial charge in [0, 0.05) is 23.9 Å². The van der Waals surface area contributed by atoms with Crippen molar-refractivity contribution in [2.75, 3.05) is 12.4 Å². The summed E-state index contributed by atoms with van der Waals surface area (Å²) >= 11 is 0. The van der Waals surface area contributed by atoms with Gasteiger partial charge in [-0.1, -0.05) is 18.2 Å². The molecule has 0 unspecified atom stereocenters. The number of carboxylic acid groups (broad SMARTS) is 1. The Morgan fingerprint density at radius 3 is 2.32 bits per heavy atom. The van der Waals surface area contributed by atoms with E-state index in [0.717, 1.165) is 11.3 Å². The molecule has 0 saturated heterocycles. The number of aromatic carboxylic acids is 1. The van der Waals surface area contributed by atoms with Crippen molar-refractivity contribution >= 4 is 11.7 Å². The fraction of sp³-hybridized carbons (Fsp3) is 0.0588. The average Bonchev–Trinajstić information content (AvgIpc) is 3.01. The van der Waals surface area contributed by atoms with E-state index >= 15 is 0 Å². The van der Waals surface area contributed by atoms with Gasteiger partial charge in [0.1, 0.15) is 0 Å². The van der Waals surface area contributed by atoms with Gasteiger partial charge < -0.3 is 14.8 Å². The molecule has 2 N–H and O–H groups in total. The highest BCUT2D eigenvalue weighted by molar-refractivity contribution is 5.93. The molecule has 0 atom stereocenters. The molecule has 5 nitrogen and oxygen atoms in total. The third-order valence-corrected chi connectivity index (χ3v) is 3.29. The van der Waals surface area contributed by atoms with E-state index in [1.165, 1.54) is 0 Å². The Labute approximate surface area is 127 Å². The standard InChI is InChI=1S/C17H14N2O3/c1-18-13-9-7-11(8-10-13)15-14(17(20)21)19-16(22-15)12-5-3-2-4-6-12/h2-10,18H,1H3,(H,20,21). The Hall–Kier alpha value is -3.08. The van der Waals surface area contributed by atoms with Gasteiger partial charge >= 0.3 is 5.97 Å². The molecule has 1 heterocycles. The molecular weight excluding hydrogens is 280 g/mol. The minimum Gasteiger partial charge on any atom is -0.476 e. The van der Waals surface area contributed by atoms with Crippen LogP contribution in [0.15, 0.2) is 59.0 Å². The predicted molar refractivity (Wildman–Crippen MR) is 83.9 cm³/mol. The maximum atomic E-state index is 11.4. The van der Waals surface area contributed by atoms with Crippen LogP contribution in [0.4, 0.5) is 5.69 Å². The van der Waals surface area contributed by atoms with E-state index in [1.54, 1.807) is 12.1 Å². The first-order valence-electron chi connectivity index (χ1n) is 6.77. The van der Waals surface area contributed by atoms with Gasteiger partial charge in [0.25, 0.3) is 0 Å². The lowest BCUT2D eigenvalue weighted by Gasteiger charge is -2.01. The van der Waals surface area contributed by atoms with E-state index in [0.29, 0.717) is 11.5 Å². The summed E-state index contributed by atoms with van der Waals surface area (Å²) in [5, 5.41) is 12.4. The first-order chi connectivity index (χ1) is 10.7. The molecule has 0 fully saturated rings. The van der Waals surface area contributed by atoms with Crippen LogP contribution in [0.3, 0.4) is 0 Å². The summed E-state index contributed by atoms with van der Waals surface area (Å²) in [4.78, 5) is 15.5. The van der Waals surface area contributed by atoms with Crippen LogP contribution in [-0.2, 0) is 0 Å². The Kier molecular flexibility index (Phi) is 3.62. The van der Waals surface area contributed by atoms with Crippen LogP contribution < -0.4 is 5.32 Å². The van der Waals surface area contributed by atoms with Crippen LogP contribution in [0.5, 0.6) is 0 Å². The van der Waals surface area contributed by atoms with E-state index in [-0.39, 0.29) is 11.5 Å². The zero-order valence-corrected chi connectivity index (χ0v) is 11.9. The average molecular weight is 294 g/mol. The van der Waals surface area contributed by atoms with Crippen molar-refractivity contribution in [3.8, 4) is 22.8 Å². The van der Waals surface area contributed by atoms with Crippen LogP contribution in [0, 0.1) is 0 Å². The number of aromatic nitrogens is 1. The Morgan fingerprint density at radius 1 is 1.05 bits per heavy atom. The van der Waals surface area contributed by atoms with Crippen LogP contribution in [0.2, 0.25) is 0 Å². The van der Waals surface area contributed by atoms with Gasteiger partial charge in [-0.25, -0.2) is 9.78 Å². The molecule has 0 aliphatic heterocycles. The van der Waals surface area contributed by atoms with Gasteiger partial charge in [-0.3, -0.25) is 0 Å². The Balaban J connectivity index is 2.09. The molecule has 0 aliphatic rings. The van der Waals surface area contributed by atoms with Gasteiger partial charge in [0.2, 0.25) is 5.89 Å². The molecule has 5 heteroatoms. The van der Waals surface area contributed by atoms with Crippen LogP contribution in [-0.4, -0.2) is 23.1 Å². The number of nitrogens with zero attached hydrogens (tertiary/aromatic N) is 1. The second-order valence-corrected chi connectivity index (χ2v) is 4.70. The minimum absolute atomic E-state index is 0.0870. The first-order valence-corrected chi connectivity index (χ1v) is 6.77. The Morgan fingerprint density at radius 2 is 1.73 bits per heavy atom. The smallest absolute Gasteiger partial charge is 0.358 e. The van der Waals surface area contributed by atoms with Gasteiger partial charge in [-0.2, -0.15) is 0 Å². The van der Waals surface area contributed by atoms with Crippen LogP contribution >= 0.6 is 0 Å². The molecule has 0 radical (unpaired) electrons. The molecule has 22 heavy (non-hydrogen) atoms. The summed E-state index contributed by atoms with van der Waals surface area (Å²) in [5.74, 6) is -0.557. The van der Waals surface area contributed by atoms with Crippen molar-refractivity contribution in [2.24, 2.45) is 0 Å². The summed E-state index contributed by atoms with van der Waals surface area (Å²) in [6, 6.07) is 16.5. The van der Waals surface area contributed by atoms with E-state index in [4.69, 9.17) is 4.42 Å². The van der Waals surface area contributed by atoms with Crippen LogP contribution in [0.1, 0.15) is 10.5 Å². The first kappa shape index (κ1) is 13.9. The fourth-order valence-corrected chi connectivity index (χ4v) is 2.15. The SMILES string of the molecule is CNc1ccc(-c2oc(-c3ccccc3)nc2C(=O)O)cc1. The molecule has 2 aromatic carbocycles. The summed E-state index contributed by atoms with van der Waals surface area (Å²) in [7, 11) is 1.82. The second kappa shape index (κ2) is 5.73. The lowest BCUT2D eigenvalue weighted by molar-refractivity contribution is 0.0691. The molecule has 3 aromatic rings. The molecule has 0 amide bonds. The van der Waals surface area contributed by atoms with Crippen molar-refractivity contribution in [2.45, 2.75) is 0 Å². The van der Waals surface area contributed by atoms with Crippen molar-refractivity contribution in [3.63, 3.8) is 0 Å². The number of benzene rings is 2. The van der Waals surface area contributed by atoms with Crippen molar-refractivity contribution in [3.05, 3.63) is 60.3 Å². The highest BCUT2D eigenvalue weighted by atomic mass is 16.4. The monoisotopic (exact) mass is 294 g/mol. The summed E-state index contributed by atoms with van der Waals surface area (Å²) < 4.78 is 5.71. The number of hydrogen-bond donors (Lipinski definition) is 2. The molecule has 0 bridgehead atoms. The number of anilines is 1. The minimum atomic E-state index is -1.11. The number of nitrogens with one attached hydrogen (secondary N) is 1. The molecular formula is C17H14N2O3. The quantitative estimate of drug-likeness (QED) is 0.766. The van der Waals surface area contributed by atoms with Gasteiger partial charge in [-0.05, 0) is 36.4 Å². The predicted octanol–water partition coefficient (Wildman–Crippen LogP) is 3.75. The highest BCUT2D eigenvalue weighted by Gasteiger charge is 2.21. The second-order valence-electron chi connectivity index (χ2n) is 4.70. The zero-order valence-electron chi connectivity index (χ0n) is 11.9. The molecule has 0 aliphatic carbocycles. The molecule has 110 valence electrons. The number of rotatable bonds is 4. The topological polar surface area (TPSA) is 75.4 Å². The normalized spacial score (nSPS) is 10.4. The van der Waals surface area contributed by atoms with Crippen LogP contribution in [0.25, 0.3) is 22.8 Å². The third kappa shape index (κ3) is 2.56. The lowest BCUT2D eigenvalue weighted by Crippen LogP contribution is -1.99. The maximum Gasteiger partial charge on any atom is 0.358 e. The van der Waals surface area contributed by atoms with Gasteiger partial charge in [0.05, 0.1) is 0 Å².